The van der Waals surface area contributed by atoms with Gasteiger partial charge in [-0.25, -0.2) is 9.97 Å². The van der Waals surface area contributed by atoms with Crippen LogP contribution >= 0.6 is 0 Å². The number of nitrogens with zero attached hydrogens (tertiary/aromatic N) is 6. The zero-order chi connectivity index (χ0) is 19.7. The maximum Gasteiger partial charge on any atom is 0.321 e. The van der Waals surface area contributed by atoms with Crippen LogP contribution in [0.3, 0.4) is 0 Å². The maximum absolute atomic E-state index is 6.32. The van der Waals surface area contributed by atoms with Crippen LogP contribution in [0.5, 0.6) is 11.9 Å². The third kappa shape index (κ3) is 3.30. The zero-order valence-electron chi connectivity index (χ0n) is 16.8. The molecule has 2 aliphatic rings. The summed E-state index contributed by atoms with van der Waals surface area (Å²) in [5, 5.41) is 0. The highest BCUT2D eigenvalue weighted by Crippen LogP contribution is 2.41. The molecule has 9 heteroatoms. The molecule has 0 atom stereocenters. The van der Waals surface area contributed by atoms with Crippen LogP contribution in [-0.4, -0.2) is 67.9 Å². The first-order valence-electron chi connectivity index (χ1n) is 9.44. The van der Waals surface area contributed by atoms with Crippen molar-refractivity contribution in [3.8, 4) is 11.9 Å². The molecule has 0 amide bonds. The lowest BCUT2D eigenvalue weighted by Crippen LogP contribution is -2.47. The SMILES string of the molecule is COc1cc(N2CCC3(CC2)OCCc2cnc(N(C)C)nc23)nc(OC)n1. The third-order valence-corrected chi connectivity index (χ3v) is 5.39. The van der Waals surface area contributed by atoms with Gasteiger partial charge in [-0.05, 0) is 24.8 Å². The van der Waals surface area contributed by atoms with Crippen molar-refractivity contribution in [2.45, 2.75) is 24.9 Å². The highest BCUT2D eigenvalue weighted by molar-refractivity contribution is 5.44. The molecule has 2 aromatic heterocycles. The number of hydrogen-bond acceptors (Lipinski definition) is 9. The highest BCUT2D eigenvalue weighted by Gasteiger charge is 2.43. The van der Waals surface area contributed by atoms with Crippen molar-refractivity contribution >= 4 is 11.8 Å². The summed E-state index contributed by atoms with van der Waals surface area (Å²) in [4.78, 5) is 22.1. The molecule has 150 valence electrons. The predicted molar refractivity (Wildman–Crippen MR) is 104 cm³/mol. The fraction of sp³-hybridized carbons (Fsp3) is 0.579. The Balaban J connectivity index is 1.59. The average molecular weight is 386 g/mol. The summed E-state index contributed by atoms with van der Waals surface area (Å²) in [6.45, 7) is 2.29. The molecule has 0 aliphatic carbocycles. The van der Waals surface area contributed by atoms with Gasteiger partial charge < -0.3 is 24.0 Å². The number of fused-ring (bicyclic) bond motifs is 2. The van der Waals surface area contributed by atoms with Crippen molar-refractivity contribution < 1.29 is 14.2 Å². The summed E-state index contributed by atoms with van der Waals surface area (Å²) < 4.78 is 16.8. The Labute approximate surface area is 164 Å². The van der Waals surface area contributed by atoms with Crippen LogP contribution in [0.15, 0.2) is 12.3 Å². The first kappa shape index (κ1) is 18.7. The number of methoxy groups -OCH3 is 2. The number of hydrogen-bond donors (Lipinski definition) is 0. The van der Waals surface area contributed by atoms with E-state index in [1.165, 1.54) is 5.56 Å². The molecular formula is C19H26N6O3. The smallest absolute Gasteiger partial charge is 0.321 e. The summed E-state index contributed by atoms with van der Waals surface area (Å²) in [5.74, 6) is 2.01. The minimum atomic E-state index is -0.362. The fourth-order valence-corrected chi connectivity index (χ4v) is 3.84. The molecule has 0 aromatic carbocycles. The van der Waals surface area contributed by atoms with Gasteiger partial charge in [0.2, 0.25) is 11.8 Å². The number of anilines is 2. The molecule has 9 nitrogen and oxygen atoms in total. The first-order chi connectivity index (χ1) is 13.5. The Kier molecular flexibility index (Phi) is 4.92. The Morgan fingerprint density at radius 2 is 1.89 bits per heavy atom. The summed E-state index contributed by atoms with van der Waals surface area (Å²) in [7, 11) is 7.05. The lowest BCUT2D eigenvalue weighted by atomic mass is 9.83. The number of rotatable bonds is 4. The van der Waals surface area contributed by atoms with E-state index < -0.39 is 0 Å². The highest BCUT2D eigenvalue weighted by atomic mass is 16.5. The molecule has 28 heavy (non-hydrogen) atoms. The van der Waals surface area contributed by atoms with Crippen molar-refractivity contribution in [2.24, 2.45) is 0 Å². The standard InChI is InChI=1S/C19H26N6O3/c1-24(2)17-20-12-13-5-10-28-19(16(13)23-17)6-8-25(9-7-19)14-11-15(26-3)22-18(21-14)27-4/h11-12H,5-10H2,1-4H3. The van der Waals surface area contributed by atoms with Crippen molar-refractivity contribution in [1.29, 1.82) is 0 Å². The average Bonchev–Trinajstić information content (AvgIpc) is 2.74. The van der Waals surface area contributed by atoms with Crippen molar-refractivity contribution in [2.75, 3.05) is 57.8 Å². The van der Waals surface area contributed by atoms with Crippen LogP contribution in [0.25, 0.3) is 0 Å². The number of ether oxygens (including phenoxy) is 3. The molecule has 0 N–H and O–H groups in total. The van der Waals surface area contributed by atoms with Gasteiger partial charge in [0.15, 0.2) is 0 Å². The second-order valence-electron chi connectivity index (χ2n) is 7.27. The molecule has 1 spiro atoms. The van der Waals surface area contributed by atoms with Gasteiger partial charge in [0, 0.05) is 39.4 Å². The largest absolute Gasteiger partial charge is 0.481 e. The summed E-state index contributed by atoms with van der Waals surface area (Å²) in [5.41, 5.74) is 1.87. The quantitative estimate of drug-likeness (QED) is 0.774. The Bertz CT molecular complexity index is 829. The van der Waals surface area contributed by atoms with Crippen LogP contribution < -0.4 is 19.3 Å². The normalized spacial score (nSPS) is 17.9. The fourth-order valence-electron chi connectivity index (χ4n) is 3.84. The Morgan fingerprint density at radius 3 is 2.57 bits per heavy atom. The monoisotopic (exact) mass is 386 g/mol. The van der Waals surface area contributed by atoms with Gasteiger partial charge in [-0.2, -0.15) is 9.97 Å². The molecule has 4 rings (SSSR count). The lowest BCUT2D eigenvalue weighted by Gasteiger charge is -2.44. The van der Waals surface area contributed by atoms with E-state index in [0.717, 1.165) is 49.8 Å². The van der Waals surface area contributed by atoms with Crippen molar-refractivity contribution in [1.82, 2.24) is 19.9 Å². The van der Waals surface area contributed by atoms with Gasteiger partial charge in [-0.15, -0.1) is 0 Å². The number of piperidine rings is 1. The van der Waals surface area contributed by atoms with E-state index in [9.17, 15) is 0 Å². The van der Waals surface area contributed by atoms with E-state index >= 15 is 0 Å². The molecule has 0 saturated carbocycles. The second-order valence-corrected chi connectivity index (χ2v) is 7.27. The first-order valence-corrected chi connectivity index (χ1v) is 9.44. The van der Waals surface area contributed by atoms with E-state index in [2.05, 4.69) is 19.9 Å². The summed E-state index contributed by atoms with van der Waals surface area (Å²) >= 11 is 0. The van der Waals surface area contributed by atoms with E-state index in [0.29, 0.717) is 18.5 Å². The van der Waals surface area contributed by atoms with E-state index in [1.807, 2.05) is 31.3 Å². The van der Waals surface area contributed by atoms with E-state index in [-0.39, 0.29) is 5.60 Å². The van der Waals surface area contributed by atoms with Gasteiger partial charge in [-0.3, -0.25) is 0 Å². The molecule has 0 bridgehead atoms. The van der Waals surface area contributed by atoms with Crippen LogP contribution in [0.4, 0.5) is 11.8 Å². The van der Waals surface area contributed by atoms with Crippen molar-refractivity contribution in [3.05, 3.63) is 23.5 Å². The van der Waals surface area contributed by atoms with Gasteiger partial charge in [-0.1, -0.05) is 0 Å². The molecule has 4 heterocycles. The molecule has 0 unspecified atom stereocenters. The number of aromatic nitrogens is 4. The molecule has 2 aromatic rings. The molecular weight excluding hydrogens is 360 g/mol. The van der Waals surface area contributed by atoms with Crippen LogP contribution in [-0.2, 0) is 16.8 Å². The van der Waals surface area contributed by atoms with E-state index in [4.69, 9.17) is 19.2 Å². The topological polar surface area (TPSA) is 85.7 Å². The minimum Gasteiger partial charge on any atom is -0.481 e. The molecule has 0 radical (unpaired) electrons. The maximum atomic E-state index is 6.32. The van der Waals surface area contributed by atoms with Crippen LogP contribution in [0.2, 0.25) is 0 Å². The predicted octanol–water partition coefficient (Wildman–Crippen LogP) is 1.42. The molecule has 2 aliphatic heterocycles. The van der Waals surface area contributed by atoms with Crippen molar-refractivity contribution in [3.63, 3.8) is 0 Å². The van der Waals surface area contributed by atoms with Crippen LogP contribution in [0.1, 0.15) is 24.1 Å². The second kappa shape index (κ2) is 7.38. The zero-order valence-corrected chi connectivity index (χ0v) is 16.8. The van der Waals surface area contributed by atoms with Gasteiger partial charge >= 0.3 is 6.01 Å². The van der Waals surface area contributed by atoms with E-state index in [1.54, 1.807) is 14.2 Å². The molecule has 1 fully saturated rings. The van der Waals surface area contributed by atoms with Gasteiger partial charge in [0.25, 0.3) is 0 Å². The van der Waals surface area contributed by atoms with Gasteiger partial charge in [0.05, 0.1) is 26.5 Å². The Hall–Kier alpha value is -2.68. The van der Waals surface area contributed by atoms with Crippen LogP contribution in [0, 0.1) is 0 Å². The molecule has 1 saturated heterocycles. The third-order valence-electron chi connectivity index (χ3n) is 5.39. The lowest BCUT2D eigenvalue weighted by molar-refractivity contribution is -0.0801. The van der Waals surface area contributed by atoms with Gasteiger partial charge in [0.1, 0.15) is 11.4 Å². The minimum absolute atomic E-state index is 0.303. The Morgan fingerprint density at radius 1 is 1.11 bits per heavy atom. The summed E-state index contributed by atoms with van der Waals surface area (Å²) in [6, 6.07) is 2.14. The summed E-state index contributed by atoms with van der Waals surface area (Å²) in [6.07, 6.45) is 4.47.